The lowest BCUT2D eigenvalue weighted by Gasteiger charge is -2.35. The molecule has 4 rings (SSSR count). The zero-order valence-corrected chi connectivity index (χ0v) is 15.1. The molecule has 2 heterocycles. The lowest BCUT2D eigenvalue weighted by molar-refractivity contribution is 0.242. The van der Waals surface area contributed by atoms with Gasteiger partial charge >= 0.3 is 0 Å². The molecule has 1 saturated heterocycles. The smallest absolute Gasteiger partial charge is 0.199 e. The average Bonchev–Trinajstić information content (AvgIpc) is 3.04. The van der Waals surface area contributed by atoms with E-state index in [1.54, 1.807) is 0 Å². The van der Waals surface area contributed by atoms with Crippen molar-refractivity contribution in [3.8, 4) is 5.69 Å². The highest BCUT2D eigenvalue weighted by Crippen LogP contribution is 2.18. The Bertz CT molecular complexity index is 911. The summed E-state index contributed by atoms with van der Waals surface area (Å²) in [5, 5.41) is 7.33. The highest BCUT2D eigenvalue weighted by molar-refractivity contribution is 7.71. The number of benzene rings is 2. The van der Waals surface area contributed by atoms with Crippen LogP contribution in [0.15, 0.2) is 54.6 Å². The van der Waals surface area contributed by atoms with Gasteiger partial charge in [0.25, 0.3) is 0 Å². The van der Waals surface area contributed by atoms with Crippen LogP contribution in [0.25, 0.3) is 5.69 Å². The van der Waals surface area contributed by atoms with E-state index in [2.05, 4.69) is 20.0 Å². The van der Waals surface area contributed by atoms with Crippen LogP contribution in [-0.4, -0.2) is 45.8 Å². The van der Waals surface area contributed by atoms with E-state index in [0.717, 1.165) is 49.9 Å². The van der Waals surface area contributed by atoms with Crippen LogP contribution in [-0.2, 0) is 6.54 Å². The molecule has 134 valence electrons. The average molecular weight is 369 g/mol. The van der Waals surface area contributed by atoms with Gasteiger partial charge in [0.1, 0.15) is 11.6 Å². The Morgan fingerprint density at radius 1 is 0.923 bits per heavy atom. The zero-order chi connectivity index (χ0) is 17.9. The minimum absolute atomic E-state index is 0.198. The maximum absolute atomic E-state index is 13.1. The summed E-state index contributed by atoms with van der Waals surface area (Å²) in [6.07, 6.45) is 0. The molecular weight excluding hydrogens is 349 g/mol. The van der Waals surface area contributed by atoms with Gasteiger partial charge in [0, 0.05) is 37.6 Å². The Morgan fingerprint density at radius 2 is 1.62 bits per heavy atom. The lowest BCUT2D eigenvalue weighted by atomic mass is 10.2. The van der Waals surface area contributed by atoms with Gasteiger partial charge in [-0.25, -0.2) is 4.39 Å². The number of para-hydroxylation sites is 1. The minimum Gasteiger partial charge on any atom is -0.369 e. The summed E-state index contributed by atoms with van der Waals surface area (Å²) in [6.45, 7) is 4.39. The number of nitrogens with one attached hydrogen (secondary N) is 1. The van der Waals surface area contributed by atoms with Crippen molar-refractivity contribution in [1.82, 2.24) is 19.7 Å². The summed E-state index contributed by atoms with van der Waals surface area (Å²) < 4.78 is 15.7. The molecule has 0 saturated carbocycles. The van der Waals surface area contributed by atoms with E-state index in [9.17, 15) is 4.39 Å². The van der Waals surface area contributed by atoms with Gasteiger partial charge in [-0.2, -0.15) is 5.10 Å². The third kappa shape index (κ3) is 3.54. The first kappa shape index (κ1) is 16.9. The highest BCUT2D eigenvalue weighted by Gasteiger charge is 2.19. The number of anilines is 1. The summed E-state index contributed by atoms with van der Waals surface area (Å²) in [7, 11) is 0. The summed E-state index contributed by atoms with van der Waals surface area (Å²) >= 11 is 5.40. The normalized spacial score (nSPS) is 15.3. The fraction of sp³-hybridized carbons (Fsp3) is 0.263. The highest BCUT2D eigenvalue weighted by atomic mass is 32.1. The van der Waals surface area contributed by atoms with Crippen LogP contribution in [0.3, 0.4) is 0 Å². The van der Waals surface area contributed by atoms with Gasteiger partial charge in [-0.15, -0.1) is 0 Å². The SMILES string of the molecule is Fc1ccc(N2CCN(Cc3n[nH]c(=S)n3-c3ccccc3)CC2)cc1. The molecule has 1 aromatic heterocycles. The van der Waals surface area contributed by atoms with Crippen LogP contribution in [0.1, 0.15) is 5.82 Å². The number of hydrogen-bond acceptors (Lipinski definition) is 4. The van der Waals surface area contributed by atoms with Crippen LogP contribution in [0.2, 0.25) is 0 Å². The number of piperazine rings is 1. The molecule has 7 heteroatoms. The van der Waals surface area contributed by atoms with Crippen LogP contribution >= 0.6 is 12.2 Å². The van der Waals surface area contributed by atoms with E-state index in [0.29, 0.717) is 4.77 Å². The monoisotopic (exact) mass is 369 g/mol. The second-order valence-corrected chi connectivity index (χ2v) is 6.74. The first-order chi connectivity index (χ1) is 12.7. The maximum atomic E-state index is 13.1. The van der Waals surface area contributed by atoms with E-state index in [1.807, 2.05) is 47.0 Å². The van der Waals surface area contributed by atoms with Gasteiger partial charge in [-0.1, -0.05) is 18.2 Å². The predicted octanol–water partition coefficient (Wildman–Crippen LogP) is 3.39. The van der Waals surface area contributed by atoms with Crippen LogP contribution in [0, 0.1) is 10.6 Å². The van der Waals surface area contributed by atoms with Gasteiger partial charge in [0.05, 0.1) is 6.54 Å². The second kappa shape index (κ2) is 7.39. The van der Waals surface area contributed by atoms with Crippen LogP contribution in [0.5, 0.6) is 0 Å². The Labute approximate surface area is 156 Å². The van der Waals surface area contributed by atoms with E-state index in [4.69, 9.17) is 12.2 Å². The van der Waals surface area contributed by atoms with Crippen LogP contribution in [0.4, 0.5) is 10.1 Å². The summed E-state index contributed by atoms with van der Waals surface area (Å²) in [5.41, 5.74) is 2.09. The van der Waals surface area contributed by atoms with Crippen molar-refractivity contribution >= 4 is 17.9 Å². The van der Waals surface area contributed by atoms with Crippen molar-refractivity contribution in [2.24, 2.45) is 0 Å². The van der Waals surface area contributed by atoms with E-state index < -0.39 is 0 Å². The molecule has 0 radical (unpaired) electrons. The number of rotatable bonds is 4. The Morgan fingerprint density at radius 3 is 2.31 bits per heavy atom. The molecule has 26 heavy (non-hydrogen) atoms. The van der Waals surface area contributed by atoms with E-state index >= 15 is 0 Å². The van der Waals surface area contributed by atoms with Gasteiger partial charge in [0.2, 0.25) is 0 Å². The Balaban J connectivity index is 1.44. The molecule has 0 unspecified atom stereocenters. The first-order valence-electron chi connectivity index (χ1n) is 8.65. The standard InChI is InChI=1S/C19H20FN5S/c20-15-6-8-16(9-7-15)24-12-10-23(11-13-24)14-18-21-22-19(26)25(18)17-4-2-1-3-5-17/h1-9H,10-14H2,(H,22,26). The third-order valence-corrected chi connectivity index (χ3v) is 4.96. The number of aromatic nitrogens is 3. The predicted molar refractivity (Wildman–Crippen MR) is 103 cm³/mol. The van der Waals surface area contributed by atoms with E-state index in [1.165, 1.54) is 12.1 Å². The van der Waals surface area contributed by atoms with Crippen molar-refractivity contribution in [3.63, 3.8) is 0 Å². The van der Waals surface area contributed by atoms with Crippen molar-refractivity contribution < 1.29 is 4.39 Å². The number of halogens is 1. The van der Waals surface area contributed by atoms with Crippen molar-refractivity contribution in [2.45, 2.75) is 6.54 Å². The molecular formula is C19H20FN5S. The summed E-state index contributed by atoms with van der Waals surface area (Å²) in [4.78, 5) is 4.65. The van der Waals surface area contributed by atoms with Gasteiger partial charge in [-0.05, 0) is 48.6 Å². The van der Waals surface area contributed by atoms with Crippen LogP contribution < -0.4 is 4.90 Å². The molecule has 3 aromatic rings. The molecule has 2 aromatic carbocycles. The largest absolute Gasteiger partial charge is 0.369 e. The molecule has 1 N–H and O–H groups in total. The van der Waals surface area contributed by atoms with E-state index in [-0.39, 0.29) is 5.82 Å². The molecule has 0 spiro atoms. The summed E-state index contributed by atoms with van der Waals surface area (Å²) in [5.74, 6) is 0.715. The molecule has 0 amide bonds. The Hall–Kier alpha value is -2.51. The Kier molecular flexibility index (Phi) is 4.81. The number of nitrogens with zero attached hydrogens (tertiary/aromatic N) is 4. The number of H-pyrrole nitrogens is 1. The quantitative estimate of drug-likeness (QED) is 0.716. The van der Waals surface area contributed by atoms with Crippen molar-refractivity contribution in [3.05, 3.63) is 71.0 Å². The number of aromatic amines is 1. The zero-order valence-electron chi connectivity index (χ0n) is 14.3. The molecule has 1 aliphatic rings. The molecule has 1 aliphatic heterocycles. The topological polar surface area (TPSA) is 40.1 Å². The summed E-state index contributed by atoms with van der Waals surface area (Å²) in [6, 6.07) is 16.7. The molecule has 1 fully saturated rings. The van der Waals surface area contributed by atoms with Gasteiger partial charge in [-0.3, -0.25) is 14.6 Å². The molecule has 0 atom stereocenters. The lowest BCUT2D eigenvalue weighted by Crippen LogP contribution is -2.46. The molecule has 0 aliphatic carbocycles. The van der Waals surface area contributed by atoms with Gasteiger partial charge in [0.15, 0.2) is 4.77 Å². The minimum atomic E-state index is -0.198. The molecule has 5 nitrogen and oxygen atoms in total. The third-order valence-electron chi connectivity index (χ3n) is 4.69. The fourth-order valence-corrected chi connectivity index (χ4v) is 3.55. The van der Waals surface area contributed by atoms with Crippen molar-refractivity contribution in [1.29, 1.82) is 0 Å². The molecule has 0 bridgehead atoms. The van der Waals surface area contributed by atoms with Gasteiger partial charge < -0.3 is 4.90 Å². The van der Waals surface area contributed by atoms with Crippen molar-refractivity contribution in [2.75, 3.05) is 31.1 Å². The second-order valence-electron chi connectivity index (χ2n) is 6.36. The maximum Gasteiger partial charge on any atom is 0.199 e. The fourth-order valence-electron chi connectivity index (χ4n) is 3.30. The first-order valence-corrected chi connectivity index (χ1v) is 9.06. The number of hydrogen-bond donors (Lipinski definition) is 1.